The molecule has 0 saturated carbocycles. The Kier molecular flexibility index (Phi) is 7.49. The van der Waals surface area contributed by atoms with Crippen molar-refractivity contribution in [2.75, 3.05) is 0 Å². The molecule has 0 fully saturated rings. The van der Waals surface area contributed by atoms with Gasteiger partial charge in [0.1, 0.15) is 0 Å². The van der Waals surface area contributed by atoms with Gasteiger partial charge in [-0.1, -0.05) is 182 Å². The summed E-state index contributed by atoms with van der Waals surface area (Å²) < 4.78 is 0. The van der Waals surface area contributed by atoms with Gasteiger partial charge in [0.05, 0.1) is 0 Å². The standard InChI is InChI=1S/C47H31N3/c1-4-13-32(14-5-1)39-22-12-19-34-25-28-38(31-44(34)39)47-49-45(36-17-8-3-9-18-36)48-46(50-47)37-26-23-35(24-27-37)41-30-29-40(33-15-6-2-7-16-33)42-20-10-11-21-43(41)42/h1-31H. The summed E-state index contributed by atoms with van der Waals surface area (Å²) in [5, 5.41) is 4.80. The molecule has 50 heavy (non-hydrogen) atoms. The van der Waals surface area contributed by atoms with Crippen molar-refractivity contribution in [2.24, 2.45) is 0 Å². The van der Waals surface area contributed by atoms with Crippen molar-refractivity contribution in [2.45, 2.75) is 0 Å². The van der Waals surface area contributed by atoms with Crippen molar-refractivity contribution in [1.29, 1.82) is 0 Å². The van der Waals surface area contributed by atoms with Crippen LogP contribution in [0.2, 0.25) is 0 Å². The van der Waals surface area contributed by atoms with Gasteiger partial charge in [0.25, 0.3) is 0 Å². The van der Waals surface area contributed by atoms with Gasteiger partial charge in [-0.25, -0.2) is 15.0 Å². The first-order chi connectivity index (χ1) is 24.8. The molecule has 0 aliphatic rings. The maximum Gasteiger partial charge on any atom is 0.164 e. The molecule has 0 aliphatic carbocycles. The highest BCUT2D eigenvalue weighted by molar-refractivity contribution is 6.05. The lowest BCUT2D eigenvalue weighted by Crippen LogP contribution is -2.00. The zero-order chi connectivity index (χ0) is 33.3. The lowest BCUT2D eigenvalue weighted by Gasteiger charge is -2.13. The van der Waals surface area contributed by atoms with Crippen LogP contribution >= 0.6 is 0 Å². The van der Waals surface area contributed by atoms with Crippen LogP contribution in [0.5, 0.6) is 0 Å². The number of hydrogen-bond acceptors (Lipinski definition) is 3. The first-order valence-corrected chi connectivity index (χ1v) is 16.9. The van der Waals surface area contributed by atoms with Gasteiger partial charge < -0.3 is 0 Å². The van der Waals surface area contributed by atoms with Gasteiger partial charge in [-0.05, 0) is 61.0 Å². The molecule has 3 nitrogen and oxygen atoms in total. The van der Waals surface area contributed by atoms with E-state index in [2.05, 4.69) is 152 Å². The Morgan fingerprint density at radius 3 is 1.20 bits per heavy atom. The highest BCUT2D eigenvalue weighted by Gasteiger charge is 2.15. The Bertz CT molecular complexity index is 2610. The number of fused-ring (bicyclic) bond motifs is 2. The van der Waals surface area contributed by atoms with Crippen molar-refractivity contribution in [3.63, 3.8) is 0 Å². The number of hydrogen-bond donors (Lipinski definition) is 0. The minimum atomic E-state index is 0.640. The Hall–Kier alpha value is -6.71. The summed E-state index contributed by atoms with van der Waals surface area (Å²) in [6.45, 7) is 0. The Morgan fingerprint density at radius 2 is 0.640 bits per heavy atom. The van der Waals surface area contributed by atoms with E-state index in [0.717, 1.165) is 27.6 Å². The summed E-state index contributed by atoms with van der Waals surface area (Å²) in [6.07, 6.45) is 0. The Morgan fingerprint density at radius 1 is 0.240 bits per heavy atom. The molecule has 0 bridgehead atoms. The second kappa shape index (κ2) is 12.7. The molecule has 9 aromatic rings. The Labute approximate surface area is 291 Å². The molecule has 0 unspecified atom stereocenters. The van der Waals surface area contributed by atoms with Gasteiger partial charge in [0.15, 0.2) is 17.5 Å². The topological polar surface area (TPSA) is 38.7 Å². The molecular weight excluding hydrogens is 607 g/mol. The van der Waals surface area contributed by atoms with Crippen LogP contribution in [0.25, 0.3) is 89.1 Å². The molecule has 234 valence electrons. The maximum atomic E-state index is 5.08. The monoisotopic (exact) mass is 637 g/mol. The average molecular weight is 638 g/mol. The van der Waals surface area contributed by atoms with Crippen LogP contribution in [0.15, 0.2) is 188 Å². The normalized spacial score (nSPS) is 11.2. The zero-order valence-electron chi connectivity index (χ0n) is 27.2. The van der Waals surface area contributed by atoms with E-state index in [4.69, 9.17) is 15.0 Å². The fourth-order valence-electron chi connectivity index (χ4n) is 6.85. The van der Waals surface area contributed by atoms with E-state index in [1.54, 1.807) is 0 Å². The van der Waals surface area contributed by atoms with E-state index in [9.17, 15) is 0 Å². The minimum Gasteiger partial charge on any atom is -0.208 e. The summed E-state index contributed by atoms with van der Waals surface area (Å²) in [7, 11) is 0. The predicted octanol–water partition coefficient (Wildman–Crippen LogP) is 12.2. The molecule has 0 saturated heterocycles. The number of aromatic nitrogens is 3. The van der Waals surface area contributed by atoms with Gasteiger partial charge in [-0.2, -0.15) is 0 Å². The molecule has 0 radical (unpaired) electrons. The van der Waals surface area contributed by atoms with Crippen LogP contribution in [-0.4, -0.2) is 15.0 Å². The first-order valence-electron chi connectivity index (χ1n) is 16.9. The van der Waals surface area contributed by atoms with Gasteiger partial charge in [-0.15, -0.1) is 0 Å². The quantitative estimate of drug-likeness (QED) is 0.182. The summed E-state index contributed by atoms with van der Waals surface area (Å²) in [4.78, 5) is 15.1. The van der Waals surface area contributed by atoms with Gasteiger partial charge in [0.2, 0.25) is 0 Å². The third-order valence-electron chi connectivity index (χ3n) is 9.36. The molecule has 0 amide bonds. The van der Waals surface area contributed by atoms with Gasteiger partial charge in [-0.3, -0.25) is 0 Å². The SMILES string of the molecule is c1ccc(-c2nc(-c3ccc(-c4ccc(-c5ccccc5)c5ccccc45)cc3)nc(-c3ccc4cccc(-c5ccccc5)c4c3)n2)cc1. The van der Waals surface area contributed by atoms with E-state index in [1.807, 2.05) is 36.4 Å². The summed E-state index contributed by atoms with van der Waals surface area (Å²) >= 11 is 0. The fraction of sp³-hybridized carbons (Fsp3) is 0. The van der Waals surface area contributed by atoms with Crippen LogP contribution in [-0.2, 0) is 0 Å². The molecule has 0 atom stereocenters. The van der Waals surface area contributed by atoms with Crippen LogP contribution in [0, 0.1) is 0 Å². The third-order valence-corrected chi connectivity index (χ3v) is 9.36. The second-order valence-corrected chi connectivity index (χ2v) is 12.4. The summed E-state index contributed by atoms with van der Waals surface area (Å²) in [6, 6.07) is 65.9. The van der Waals surface area contributed by atoms with Crippen molar-refractivity contribution < 1.29 is 0 Å². The zero-order valence-corrected chi connectivity index (χ0v) is 27.2. The van der Waals surface area contributed by atoms with E-state index in [1.165, 1.54) is 44.0 Å². The molecule has 1 aromatic heterocycles. The van der Waals surface area contributed by atoms with E-state index >= 15 is 0 Å². The van der Waals surface area contributed by atoms with Crippen molar-refractivity contribution >= 4 is 21.5 Å². The number of nitrogens with zero attached hydrogens (tertiary/aromatic N) is 3. The van der Waals surface area contributed by atoms with Crippen LogP contribution in [0.1, 0.15) is 0 Å². The van der Waals surface area contributed by atoms with Crippen molar-refractivity contribution in [1.82, 2.24) is 15.0 Å². The number of benzene rings is 8. The smallest absolute Gasteiger partial charge is 0.164 e. The molecule has 0 N–H and O–H groups in total. The number of rotatable bonds is 6. The minimum absolute atomic E-state index is 0.640. The van der Waals surface area contributed by atoms with Crippen molar-refractivity contribution in [3.05, 3.63) is 188 Å². The lowest BCUT2D eigenvalue weighted by atomic mass is 9.92. The fourth-order valence-corrected chi connectivity index (χ4v) is 6.85. The predicted molar refractivity (Wildman–Crippen MR) is 207 cm³/mol. The second-order valence-electron chi connectivity index (χ2n) is 12.4. The highest BCUT2D eigenvalue weighted by atomic mass is 15.0. The lowest BCUT2D eigenvalue weighted by molar-refractivity contribution is 1.07. The van der Waals surface area contributed by atoms with Crippen LogP contribution in [0.3, 0.4) is 0 Å². The molecule has 0 aliphatic heterocycles. The summed E-state index contributed by atoms with van der Waals surface area (Å²) in [5.74, 6) is 1.93. The van der Waals surface area contributed by atoms with E-state index in [0.29, 0.717) is 17.5 Å². The molecular formula is C47H31N3. The average Bonchev–Trinajstić information content (AvgIpc) is 3.21. The third kappa shape index (κ3) is 5.51. The molecule has 1 heterocycles. The highest BCUT2D eigenvalue weighted by Crippen LogP contribution is 2.37. The van der Waals surface area contributed by atoms with E-state index in [-0.39, 0.29) is 0 Å². The molecule has 8 aromatic carbocycles. The maximum absolute atomic E-state index is 5.08. The summed E-state index contributed by atoms with van der Waals surface area (Å²) in [5.41, 5.74) is 9.98. The van der Waals surface area contributed by atoms with E-state index < -0.39 is 0 Å². The van der Waals surface area contributed by atoms with Crippen molar-refractivity contribution in [3.8, 4) is 67.5 Å². The van der Waals surface area contributed by atoms with Crippen LogP contribution in [0.4, 0.5) is 0 Å². The van der Waals surface area contributed by atoms with Crippen LogP contribution < -0.4 is 0 Å². The molecule has 3 heteroatoms. The molecule has 0 spiro atoms. The van der Waals surface area contributed by atoms with Gasteiger partial charge >= 0.3 is 0 Å². The van der Waals surface area contributed by atoms with Gasteiger partial charge in [0, 0.05) is 16.7 Å². The largest absolute Gasteiger partial charge is 0.208 e. The molecule has 9 rings (SSSR count). The first kappa shape index (κ1) is 29.4. The Balaban J connectivity index is 1.14.